The average molecular weight is 294 g/mol. The lowest BCUT2D eigenvalue weighted by Crippen LogP contribution is -2.28. The lowest BCUT2D eigenvalue weighted by Gasteiger charge is -2.09. The first kappa shape index (κ1) is 15.8. The molecule has 0 fully saturated rings. The Morgan fingerprint density at radius 1 is 1.37 bits per heavy atom. The quantitative estimate of drug-likeness (QED) is 0.583. The summed E-state index contributed by atoms with van der Waals surface area (Å²) >= 11 is 0. The van der Waals surface area contributed by atoms with Gasteiger partial charge in [0.15, 0.2) is 0 Å². The molecule has 0 aliphatic rings. The predicted octanol–water partition coefficient (Wildman–Crippen LogP) is 1.14. The number of hydrogen-bond acceptors (Lipinski definition) is 4. The molecule has 1 aromatic carbocycles. The largest absolute Gasteiger partial charge is 0.399 e. The average Bonchev–Trinajstić information content (AvgIpc) is 2.26. The fourth-order valence-electron chi connectivity index (χ4n) is 1.44. The number of alkyl halides is 2. The van der Waals surface area contributed by atoms with E-state index in [2.05, 4.69) is 9.46 Å². The Kier molecular flexibility index (Phi) is 5.64. The van der Waals surface area contributed by atoms with Crippen molar-refractivity contribution in [2.45, 2.75) is 18.2 Å². The molecule has 0 bridgehead atoms. The van der Waals surface area contributed by atoms with Gasteiger partial charge >= 0.3 is 0 Å². The van der Waals surface area contributed by atoms with Gasteiger partial charge in [-0.2, -0.15) is 0 Å². The van der Waals surface area contributed by atoms with Crippen LogP contribution < -0.4 is 10.5 Å². The minimum Gasteiger partial charge on any atom is -0.399 e. The number of aryl methyl sites for hydroxylation is 1. The molecule has 8 heteroatoms. The van der Waals surface area contributed by atoms with Gasteiger partial charge in [-0.25, -0.2) is 21.9 Å². The van der Waals surface area contributed by atoms with Crippen molar-refractivity contribution in [1.29, 1.82) is 0 Å². The van der Waals surface area contributed by atoms with Crippen LogP contribution in [0.3, 0.4) is 0 Å². The molecule has 0 aromatic heterocycles. The van der Waals surface area contributed by atoms with E-state index in [0.717, 1.165) is 0 Å². The zero-order chi connectivity index (χ0) is 14.5. The highest BCUT2D eigenvalue weighted by Gasteiger charge is 2.14. The number of rotatable bonds is 7. The zero-order valence-electron chi connectivity index (χ0n) is 10.4. The second kappa shape index (κ2) is 6.78. The smallest absolute Gasteiger partial charge is 0.261 e. The number of anilines is 1. The number of halogens is 2. The van der Waals surface area contributed by atoms with Crippen LogP contribution in [0.4, 0.5) is 14.5 Å². The first-order valence-electron chi connectivity index (χ1n) is 5.54. The third kappa shape index (κ3) is 5.50. The maximum Gasteiger partial charge on any atom is 0.261 e. The van der Waals surface area contributed by atoms with Gasteiger partial charge in [-0.05, 0) is 30.7 Å². The summed E-state index contributed by atoms with van der Waals surface area (Å²) in [7, 11) is -3.70. The number of sulfonamides is 1. The third-order valence-electron chi connectivity index (χ3n) is 2.17. The number of nitrogens with one attached hydrogen (secondary N) is 1. The molecule has 5 nitrogen and oxygen atoms in total. The van der Waals surface area contributed by atoms with Gasteiger partial charge in [-0.1, -0.05) is 0 Å². The molecule has 0 spiro atoms. The molecule has 0 atom stereocenters. The maximum atomic E-state index is 11.9. The SMILES string of the molecule is Cc1cc(N)cc(S(=O)(=O)NCCOCC(F)F)c1. The second-order valence-electron chi connectivity index (χ2n) is 3.94. The van der Waals surface area contributed by atoms with E-state index in [1.54, 1.807) is 13.0 Å². The molecule has 0 aliphatic heterocycles. The van der Waals surface area contributed by atoms with Gasteiger partial charge in [-0.3, -0.25) is 0 Å². The van der Waals surface area contributed by atoms with Crippen LogP contribution in [0.5, 0.6) is 0 Å². The van der Waals surface area contributed by atoms with E-state index in [4.69, 9.17) is 5.73 Å². The van der Waals surface area contributed by atoms with E-state index in [0.29, 0.717) is 11.3 Å². The van der Waals surface area contributed by atoms with E-state index in [-0.39, 0.29) is 18.0 Å². The maximum absolute atomic E-state index is 11.9. The van der Waals surface area contributed by atoms with Gasteiger partial charge in [0.05, 0.1) is 11.5 Å². The van der Waals surface area contributed by atoms with Crippen molar-refractivity contribution in [3.05, 3.63) is 23.8 Å². The number of ether oxygens (including phenoxy) is 1. The summed E-state index contributed by atoms with van der Waals surface area (Å²) in [5.41, 5.74) is 6.62. The van der Waals surface area contributed by atoms with E-state index in [1.165, 1.54) is 12.1 Å². The van der Waals surface area contributed by atoms with Crippen molar-refractivity contribution in [2.75, 3.05) is 25.5 Å². The molecule has 0 radical (unpaired) electrons. The Morgan fingerprint density at radius 3 is 2.63 bits per heavy atom. The first-order chi connectivity index (χ1) is 8.81. The van der Waals surface area contributed by atoms with Crippen LogP contribution >= 0.6 is 0 Å². The molecule has 0 heterocycles. The Balaban J connectivity index is 2.56. The monoisotopic (exact) mass is 294 g/mol. The molecular weight excluding hydrogens is 278 g/mol. The molecule has 19 heavy (non-hydrogen) atoms. The topological polar surface area (TPSA) is 81.4 Å². The molecule has 0 saturated carbocycles. The van der Waals surface area contributed by atoms with Crippen LogP contribution in [-0.4, -0.2) is 34.6 Å². The summed E-state index contributed by atoms with van der Waals surface area (Å²) in [6.45, 7) is 0.814. The van der Waals surface area contributed by atoms with E-state index in [1.807, 2.05) is 0 Å². The highest BCUT2D eigenvalue weighted by molar-refractivity contribution is 7.89. The first-order valence-corrected chi connectivity index (χ1v) is 7.02. The Hall–Kier alpha value is -1.25. The summed E-state index contributed by atoms with van der Waals surface area (Å²) in [5.74, 6) is 0. The van der Waals surface area contributed by atoms with E-state index < -0.39 is 23.1 Å². The fourth-order valence-corrected chi connectivity index (χ4v) is 2.59. The van der Waals surface area contributed by atoms with Crippen molar-refractivity contribution in [1.82, 2.24) is 4.72 Å². The lowest BCUT2D eigenvalue weighted by atomic mass is 10.2. The van der Waals surface area contributed by atoms with Crippen LogP contribution in [0.15, 0.2) is 23.1 Å². The van der Waals surface area contributed by atoms with Crippen molar-refractivity contribution in [2.24, 2.45) is 0 Å². The van der Waals surface area contributed by atoms with Gasteiger partial charge in [0.2, 0.25) is 10.0 Å². The van der Waals surface area contributed by atoms with Gasteiger partial charge < -0.3 is 10.5 Å². The van der Waals surface area contributed by atoms with Crippen molar-refractivity contribution in [3.63, 3.8) is 0 Å². The molecule has 108 valence electrons. The van der Waals surface area contributed by atoms with E-state index >= 15 is 0 Å². The Bertz CT molecular complexity index is 500. The molecule has 0 aliphatic carbocycles. The zero-order valence-corrected chi connectivity index (χ0v) is 11.2. The van der Waals surface area contributed by atoms with Crippen molar-refractivity contribution in [3.8, 4) is 0 Å². The standard InChI is InChI=1S/C11H16F2N2O3S/c1-8-4-9(14)6-10(5-8)19(16,17)15-2-3-18-7-11(12)13/h4-6,11,15H,2-3,7,14H2,1H3. The third-order valence-corrected chi connectivity index (χ3v) is 3.61. The van der Waals surface area contributed by atoms with Crippen LogP contribution in [0.25, 0.3) is 0 Å². The highest BCUT2D eigenvalue weighted by atomic mass is 32.2. The van der Waals surface area contributed by atoms with Gasteiger partial charge in [0, 0.05) is 12.2 Å². The summed E-state index contributed by atoms with van der Waals surface area (Å²) < 4.78 is 54.1. The minimum absolute atomic E-state index is 0.0406. The number of benzene rings is 1. The Labute approximate surface area is 110 Å². The predicted molar refractivity (Wildman–Crippen MR) is 67.6 cm³/mol. The lowest BCUT2D eigenvalue weighted by molar-refractivity contribution is 0.0199. The molecule has 1 rings (SSSR count). The fraction of sp³-hybridized carbons (Fsp3) is 0.455. The molecular formula is C11H16F2N2O3S. The minimum atomic E-state index is -3.70. The van der Waals surface area contributed by atoms with Crippen LogP contribution in [0.2, 0.25) is 0 Å². The van der Waals surface area contributed by atoms with Crippen LogP contribution in [-0.2, 0) is 14.8 Å². The van der Waals surface area contributed by atoms with Gasteiger partial charge in [-0.15, -0.1) is 0 Å². The van der Waals surface area contributed by atoms with Gasteiger partial charge in [0.25, 0.3) is 6.43 Å². The highest BCUT2D eigenvalue weighted by Crippen LogP contribution is 2.15. The molecule has 0 saturated heterocycles. The number of hydrogen-bond donors (Lipinski definition) is 2. The summed E-state index contributed by atoms with van der Waals surface area (Å²) in [6.07, 6.45) is -2.56. The van der Waals surface area contributed by atoms with Crippen LogP contribution in [0.1, 0.15) is 5.56 Å². The molecule has 0 unspecified atom stereocenters. The normalized spacial score (nSPS) is 12.0. The molecule has 0 amide bonds. The van der Waals surface area contributed by atoms with Gasteiger partial charge in [0.1, 0.15) is 6.61 Å². The van der Waals surface area contributed by atoms with Crippen molar-refractivity contribution < 1.29 is 21.9 Å². The summed E-state index contributed by atoms with van der Waals surface area (Å²) in [6, 6.07) is 4.44. The summed E-state index contributed by atoms with van der Waals surface area (Å²) in [5, 5.41) is 0. The molecule has 3 N–H and O–H groups in total. The van der Waals surface area contributed by atoms with E-state index in [9.17, 15) is 17.2 Å². The summed E-state index contributed by atoms with van der Waals surface area (Å²) in [4.78, 5) is 0.0406. The second-order valence-corrected chi connectivity index (χ2v) is 5.71. The number of nitrogens with two attached hydrogens (primary N) is 1. The molecule has 1 aromatic rings. The number of nitrogen functional groups attached to an aromatic ring is 1. The van der Waals surface area contributed by atoms with Crippen molar-refractivity contribution >= 4 is 15.7 Å². The Morgan fingerprint density at radius 2 is 2.05 bits per heavy atom. The van der Waals surface area contributed by atoms with Crippen LogP contribution in [0, 0.1) is 6.92 Å².